The summed E-state index contributed by atoms with van der Waals surface area (Å²) in [5, 5.41) is 3.00. The minimum atomic E-state index is -0.528. The summed E-state index contributed by atoms with van der Waals surface area (Å²) in [6.45, 7) is 7.26. The molecule has 0 radical (unpaired) electrons. The Balaban J connectivity index is 1.42. The number of halogens is 1. The smallest absolute Gasteiger partial charge is 0.410 e. The number of amides is 2. The summed E-state index contributed by atoms with van der Waals surface area (Å²) < 4.78 is 11.6. The molecule has 1 aliphatic rings. The van der Waals surface area contributed by atoms with Crippen molar-refractivity contribution in [3.05, 3.63) is 34.6 Å². The number of furan rings is 1. The van der Waals surface area contributed by atoms with Gasteiger partial charge in [-0.15, -0.1) is 0 Å². The first-order valence-electron chi connectivity index (χ1n) is 10.6. The number of nitrogens with one attached hydrogen (secondary N) is 2. The van der Waals surface area contributed by atoms with Crippen LogP contribution in [0.2, 0.25) is 0 Å². The summed E-state index contributed by atoms with van der Waals surface area (Å²) in [7, 11) is 0. The van der Waals surface area contributed by atoms with E-state index in [9.17, 15) is 9.59 Å². The predicted octanol–water partition coefficient (Wildman–Crippen LogP) is 4.36. The van der Waals surface area contributed by atoms with E-state index in [2.05, 4.69) is 36.2 Å². The van der Waals surface area contributed by atoms with E-state index >= 15 is 0 Å². The third kappa shape index (κ3) is 5.12. The molecule has 10 heteroatoms. The first kappa shape index (κ1) is 22.3. The number of imidazole rings is 1. The molecule has 0 bridgehead atoms. The lowest BCUT2D eigenvalue weighted by atomic mass is 9.98. The highest BCUT2D eigenvalue weighted by atomic mass is 79.9. The lowest BCUT2D eigenvalue weighted by molar-refractivity contribution is 0.0167. The van der Waals surface area contributed by atoms with Crippen LogP contribution >= 0.6 is 15.9 Å². The van der Waals surface area contributed by atoms with Gasteiger partial charge in [0.1, 0.15) is 5.60 Å². The van der Waals surface area contributed by atoms with Gasteiger partial charge in [0, 0.05) is 25.8 Å². The fourth-order valence-corrected chi connectivity index (χ4v) is 4.02. The lowest BCUT2D eigenvalue weighted by Crippen LogP contribution is -2.45. The molecule has 0 spiro atoms. The molecule has 0 saturated carbocycles. The van der Waals surface area contributed by atoms with Crippen LogP contribution in [0.4, 0.5) is 4.79 Å². The van der Waals surface area contributed by atoms with Gasteiger partial charge in [-0.25, -0.2) is 14.8 Å². The van der Waals surface area contributed by atoms with E-state index in [-0.39, 0.29) is 17.9 Å². The first-order valence-corrected chi connectivity index (χ1v) is 11.4. The number of ether oxygens (including phenoxy) is 1. The van der Waals surface area contributed by atoms with Crippen LogP contribution in [0.25, 0.3) is 22.7 Å². The number of hydrogen-bond acceptors (Lipinski definition) is 6. The molecule has 1 fully saturated rings. The number of H-pyrrole nitrogens is 1. The number of carbonyl (C=O) groups excluding carboxylic acids is 2. The van der Waals surface area contributed by atoms with Crippen LogP contribution in [0.5, 0.6) is 0 Å². The standard InChI is InChI=1S/C22H26BrN5O4/c1-22(2,3)32-21(30)28-10-4-5-13(12-28)11-25-20(29)14-8-9-24-19-17(14)26-18(27-19)15-6-7-16(23)31-15/h6-9,13H,4-5,10-12H2,1-3H3,(H,25,29)(H,24,26,27)/t13-/m0/s1. The van der Waals surface area contributed by atoms with Gasteiger partial charge < -0.3 is 24.4 Å². The fourth-order valence-electron chi connectivity index (χ4n) is 3.71. The second-order valence-corrected chi connectivity index (χ2v) is 9.67. The van der Waals surface area contributed by atoms with Crippen LogP contribution in [-0.2, 0) is 4.74 Å². The summed E-state index contributed by atoms with van der Waals surface area (Å²) in [5.74, 6) is 0.988. The third-order valence-electron chi connectivity index (χ3n) is 5.17. The summed E-state index contributed by atoms with van der Waals surface area (Å²) in [4.78, 5) is 38.8. The van der Waals surface area contributed by atoms with Gasteiger partial charge in [-0.1, -0.05) is 0 Å². The molecule has 2 N–H and O–H groups in total. The van der Waals surface area contributed by atoms with Gasteiger partial charge in [0.2, 0.25) is 0 Å². The van der Waals surface area contributed by atoms with E-state index < -0.39 is 5.60 Å². The van der Waals surface area contributed by atoms with E-state index in [0.717, 1.165) is 12.8 Å². The summed E-state index contributed by atoms with van der Waals surface area (Å²) >= 11 is 3.28. The summed E-state index contributed by atoms with van der Waals surface area (Å²) in [6, 6.07) is 5.21. The fraction of sp³-hybridized carbons (Fsp3) is 0.455. The van der Waals surface area contributed by atoms with E-state index in [1.54, 1.807) is 29.3 Å². The minimum absolute atomic E-state index is 0.162. The highest BCUT2D eigenvalue weighted by Crippen LogP contribution is 2.26. The van der Waals surface area contributed by atoms with Crippen molar-refractivity contribution in [2.45, 2.75) is 39.2 Å². The normalized spacial score (nSPS) is 16.9. The monoisotopic (exact) mass is 503 g/mol. The Bertz CT molecular complexity index is 1130. The van der Waals surface area contributed by atoms with E-state index in [1.165, 1.54) is 0 Å². The van der Waals surface area contributed by atoms with Crippen LogP contribution < -0.4 is 5.32 Å². The molecule has 1 aliphatic heterocycles. The van der Waals surface area contributed by atoms with Gasteiger partial charge in [-0.05, 0) is 73.7 Å². The zero-order chi connectivity index (χ0) is 22.9. The van der Waals surface area contributed by atoms with Crippen molar-refractivity contribution in [1.82, 2.24) is 25.2 Å². The second kappa shape index (κ2) is 8.93. The van der Waals surface area contributed by atoms with Gasteiger partial charge in [0.15, 0.2) is 21.9 Å². The highest BCUT2D eigenvalue weighted by Gasteiger charge is 2.28. The molecule has 3 aromatic heterocycles. The number of piperidine rings is 1. The number of aromatic nitrogens is 3. The van der Waals surface area contributed by atoms with Crippen LogP contribution in [0, 0.1) is 5.92 Å². The zero-order valence-electron chi connectivity index (χ0n) is 18.3. The Morgan fingerprint density at radius 1 is 1.34 bits per heavy atom. The summed E-state index contributed by atoms with van der Waals surface area (Å²) in [6.07, 6.45) is 3.07. The van der Waals surface area contributed by atoms with E-state index in [0.29, 0.717) is 52.6 Å². The summed E-state index contributed by atoms with van der Waals surface area (Å²) in [5.41, 5.74) is 0.916. The maximum atomic E-state index is 12.9. The third-order valence-corrected chi connectivity index (χ3v) is 5.59. The minimum Gasteiger partial charge on any atom is -0.446 e. The Morgan fingerprint density at radius 2 is 2.16 bits per heavy atom. The van der Waals surface area contributed by atoms with E-state index in [1.807, 2.05) is 20.8 Å². The number of rotatable bonds is 4. The van der Waals surface area contributed by atoms with Crippen molar-refractivity contribution in [2.24, 2.45) is 5.92 Å². The lowest BCUT2D eigenvalue weighted by Gasteiger charge is -2.34. The first-order chi connectivity index (χ1) is 15.2. The van der Waals surface area contributed by atoms with Gasteiger partial charge in [-0.3, -0.25) is 4.79 Å². The average Bonchev–Trinajstić information content (AvgIpc) is 3.36. The van der Waals surface area contributed by atoms with Crippen molar-refractivity contribution in [3.8, 4) is 11.6 Å². The van der Waals surface area contributed by atoms with Crippen molar-refractivity contribution < 1.29 is 18.7 Å². The van der Waals surface area contributed by atoms with Crippen LogP contribution in [0.1, 0.15) is 44.0 Å². The molecular weight excluding hydrogens is 478 g/mol. The molecular formula is C22H26BrN5O4. The number of pyridine rings is 1. The number of carbonyl (C=O) groups is 2. The number of hydrogen-bond donors (Lipinski definition) is 2. The van der Waals surface area contributed by atoms with Gasteiger partial charge in [0.25, 0.3) is 5.91 Å². The van der Waals surface area contributed by atoms with Crippen LogP contribution in [0.15, 0.2) is 33.5 Å². The molecule has 4 heterocycles. The second-order valence-electron chi connectivity index (χ2n) is 8.89. The van der Waals surface area contributed by atoms with Gasteiger partial charge in [-0.2, -0.15) is 0 Å². The molecule has 32 heavy (non-hydrogen) atoms. The van der Waals surface area contributed by atoms with Crippen molar-refractivity contribution in [3.63, 3.8) is 0 Å². The molecule has 1 atom stereocenters. The van der Waals surface area contributed by atoms with Gasteiger partial charge >= 0.3 is 6.09 Å². The molecule has 4 rings (SSSR count). The Morgan fingerprint density at radius 3 is 2.88 bits per heavy atom. The molecule has 0 unspecified atom stereocenters. The molecule has 2 amide bonds. The number of likely N-dealkylation sites (tertiary alicyclic amines) is 1. The van der Waals surface area contributed by atoms with Gasteiger partial charge in [0.05, 0.1) is 11.1 Å². The van der Waals surface area contributed by atoms with E-state index in [4.69, 9.17) is 9.15 Å². The molecule has 0 aromatic carbocycles. The van der Waals surface area contributed by atoms with Crippen molar-refractivity contribution in [2.75, 3.05) is 19.6 Å². The maximum absolute atomic E-state index is 12.9. The molecule has 9 nitrogen and oxygen atoms in total. The van der Waals surface area contributed by atoms with Crippen LogP contribution in [-0.4, -0.2) is 57.1 Å². The molecule has 1 saturated heterocycles. The predicted molar refractivity (Wildman–Crippen MR) is 122 cm³/mol. The number of fused-ring (bicyclic) bond motifs is 1. The highest BCUT2D eigenvalue weighted by molar-refractivity contribution is 9.10. The SMILES string of the molecule is CC(C)(C)OC(=O)N1CCC[C@@H](CNC(=O)c2ccnc3nc(-c4ccc(Br)o4)[nH]c23)C1. The Hall–Kier alpha value is -2.88. The van der Waals surface area contributed by atoms with Crippen molar-refractivity contribution >= 4 is 39.1 Å². The zero-order valence-corrected chi connectivity index (χ0v) is 19.9. The largest absolute Gasteiger partial charge is 0.446 e. The Kier molecular flexibility index (Phi) is 6.23. The average molecular weight is 504 g/mol. The topological polar surface area (TPSA) is 113 Å². The van der Waals surface area contributed by atoms with Crippen LogP contribution in [0.3, 0.4) is 0 Å². The Labute approximate surface area is 194 Å². The molecule has 0 aliphatic carbocycles. The molecule has 3 aromatic rings. The maximum Gasteiger partial charge on any atom is 0.410 e. The quantitative estimate of drug-likeness (QED) is 0.546. The number of nitrogens with zero attached hydrogens (tertiary/aromatic N) is 3. The van der Waals surface area contributed by atoms with Crippen molar-refractivity contribution in [1.29, 1.82) is 0 Å². The number of aromatic amines is 1. The molecule has 170 valence electrons.